The molecule has 68 heavy (non-hydrogen) atoms. The molecule has 388 valence electrons. The first kappa shape index (κ1) is 62.9. The van der Waals surface area contributed by atoms with Gasteiger partial charge in [-0.3, -0.25) is 23.2 Å². The SMILES string of the molecule is CCCCC/C=C\C/C=C\C/C=C\C/C=C\CCCC(=O)O[C@H](COC(=O)CCC/C=C\C/C=C\C/C=C\C=C\[C@H](O)CCCCC)COP(=O)(O)O[C@H]1C(O)C(O)C(O)[C@@H](OP(=O)(O)O)C1O. The molecule has 17 nitrogen and oxygen atoms in total. The molecule has 0 saturated heterocycles. The maximum Gasteiger partial charge on any atom is 0.472 e. The molecule has 0 bridgehead atoms. The Morgan fingerprint density at radius 1 is 0.544 bits per heavy atom. The van der Waals surface area contributed by atoms with Crippen molar-refractivity contribution in [1.29, 1.82) is 0 Å². The summed E-state index contributed by atoms with van der Waals surface area (Å²) in [6.07, 6.45) is 31.3. The lowest BCUT2D eigenvalue weighted by Gasteiger charge is -2.43. The van der Waals surface area contributed by atoms with Crippen LogP contribution in [0.25, 0.3) is 0 Å². The van der Waals surface area contributed by atoms with E-state index in [2.05, 4.69) is 48.8 Å². The van der Waals surface area contributed by atoms with Gasteiger partial charge in [0.2, 0.25) is 0 Å². The first-order valence-corrected chi connectivity index (χ1v) is 26.9. The molecule has 1 fully saturated rings. The van der Waals surface area contributed by atoms with Crippen molar-refractivity contribution in [1.82, 2.24) is 0 Å². The van der Waals surface area contributed by atoms with Gasteiger partial charge >= 0.3 is 27.6 Å². The largest absolute Gasteiger partial charge is 0.472 e. The van der Waals surface area contributed by atoms with Gasteiger partial charge in [-0.2, -0.15) is 0 Å². The number of carbonyl (C=O) groups is 2. The average molecular weight is 1000 g/mol. The van der Waals surface area contributed by atoms with Gasteiger partial charge in [0.1, 0.15) is 43.2 Å². The second-order valence-electron chi connectivity index (χ2n) is 16.3. The lowest BCUT2D eigenvalue weighted by molar-refractivity contribution is -0.216. The minimum Gasteiger partial charge on any atom is -0.462 e. The van der Waals surface area contributed by atoms with E-state index in [1.54, 1.807) is 6.08 Å². The Kier molecular flexibility index (Phi) is 35.7. The third-order valence-corrected chi connectivity index (χ3v) is 11.7. The summed E-state index contributed by atoms with van der Waals surface area (Å²) < 4.78 is 49.2. The Hall–Kier alpha value is -3.12. The number of carbonyl (C=O) groups excluding carboxylic acids is 2. The van der Waals surface area contributed by atoms with Crippen LogP contribution in [0.5, 0.6) is 0 Å². The standard InChI is InChI=1S/C49H80O17P2/c1-3-5-7-8-9-10-11-12-13-14-15-16-19-23-26-29-33-37-43(52)64-41(39-63-68(60,61)66-49-46(55)44(53)45(54)48(47(49)56)65-67(57,58)59)38-62-42(51)36-32-28-25-22-20-17-18-21-24-27-31-35-40(50)34-30-6-4-2/h9-10,12-13,15-18,22-27,31,35,40-41,44-50,53-56H,3-8,11,14,19-21,28-30,32-34,36-39H2,1-2H3,(H,60,61)(H2,57,58,59)/b10-9-,13-12-,16-15-,18-17-,25-22-,26-23-,27-24-,35-31+/t40-,41-,44?,45?,46?,47?,48-,49+/m1/s1. The number of hydrogen-bond acceptors (Lipinski definition) is 14. The van der Waals surface area contributed by atoms with Crippen LogP contribution in [0, 0.1) is 0 Å². The normalized spacial score (nSPS) is 22.6. The van der Waals surface area contributed by atoms with Crippen LogP contribution in [0.3, 0.4) is 0 Å². The van der Waals surface area contributed by atoms with E-state index in [9.17, 15) is 58.9 Å². The van der Waals surface area contributed by atoms with Gasteiger partial charge in [0.15, 0.2) is 6.10 Å². The van der Waals surface area contributed by atoms with E-state index in [0.717, 1.165) is 51.4 Å². The summed E-state index contributed by atoms with van der Waals surface area (Å²) in [7, 11) is -10.7. The Morgan fingerprint density at radius 3 is 1.54 bits per heavy atom. The maximum absolute atomic E-state index is 13.0. The highest BCUT2D eigenvalue weighted by atomic mass is 31.2. The lowest BCUT2D eigenvalue weighted by Crippen LogP contribution is -2.64. The number of allylic oxidation sites excluding steroid dienone is 15. The summed E-state index contributed by atoms with van der Waals surface area (Å²) in [5, 5.41) is 51.1. The number of aliphatic hydroxyl groups is 5. The molecule has 1 aliphatic rings. The highest BCUT2D eigenvalue weighted by Gasteiger charge is 2.54. The molecule has 0 aromatic carbocycles. The monoisotopic (exact) mass is 1000 g/mol. The minimum absolute atomic E-state index is 0.00742. The van der Waals surface area contributed by atoms with Crippen LogP contribution in [-0.2, 0) is 41.8 Å². The fourth-order valence-electron chi connectivity index (χ4n) is 6.47. The Morgan fingerprint density at radius 2 is 1.01 bits per heavy atom. The Balaban J connectivity index is 2.70. The zero-order chi connectivity index (χ0) is 50.5. The highest BCUT2D eigenvalue weighted by Crippen LogP contribution is 2.49. The zero-order valence-corrected chi connectivity index (χ0v) is 41.6. The molecule has 0 aliphatic heterocycles. The van der Waals surface area contributed by atoms with Crippen molar-refractivity contribution >= 4 is 27.6 Å². The van der Waals surface area contributed by atoms with Crippen molar-refractivity contribution in [3.05, 3.63) is 97.2 Å². The number of unbranched alkanes of at least 4 members (excludes halogenated alkanes) is 7. The number of rotatable bonds is 38. The highest BCUT2D eigenvalue weighted by molar-refractivity contribution is 7.47. The van der Waals surface area contributed by atoms with Gasteiger partial charge in [0, 0.05) is 12.8 Å². The Bertz CT molecular complexity index is 1700. The van der Waals surface area contributed by atoms with E-state index in [1.807, 2.05) is 60.8 Å². The second-order valence-corrected chi connectivity index (χ2v) is 18.9. The Labute approximate surface area is 403 Å². The average Bonchev–Trinajstić information content (AvgIpc) is 3.29. The van der Waals surface area contributed by atoms with Crippen LogP contribution in [0.1, 0.15) is 136 Å². The van der Waals surface area contributed by atoms with Crippen LogP contribution in [0.2, 0.25) is 0 Å². The molecule has 0 amide bonds. The molecule has 0 spiro atoms. The third-order valence-electron chi connectivity index (χ3n) is 10.2. The summed E-state index contributed by atoms with van der Waals surface area (Å²) in [5.74, 6) is -1.37. The predicted octanol–water partition coefficient (Wildman–Crippen LogP) is 8.14. The summed E-state index contributed by atoms with van der Waals surface area (Å²) in [6, 6.07) is 0. The van der Waals surface area contributed by atoms with E-state index in [1.165, 1.54) is 19.3 Å². The molecular formula is C49H80O17P2. The van der Waals surface area contributed by atoms with Crippen molar-refractivity contribution in [2.24, 2.45) is 0 Å². The van der Waals surface area contributed by atoms with Crippen LogP contribution in [-0.4, -0.2) is 114 Å². The van der Waals surface area contributed by atoms with Gasteiger partial charge in [0.05, 0.1) is 12.7 Å². The summed E-state index contributed by atoms with van der Waals surface area (Å²) >= 11 is 0. The number of ether oxygens (including phenoxy) is 2. The fourth-order valence-corrected chi connectivity index (χ4v) is 8.01. The topological polar surface area (TPSA) is 276 Å². The van der Waals surface area contributed by atoms with Crippen LogP contribution >= 0.6 is 15.6 Å². The molecule has 8 N–H and O–H groups in total. The number of phosphoric ester groups is 2. The van der Waals surface area contributed by atoms with Gasteiger partial charge in [-0.25, -0.2) is 9.13 Å². The van der Waals surface area contributed by atoms with E-state index in [-0.39, 0.29) is 12.8 Å². The predicted molar refractivity (Wildman–Crippen MR) is 261 cm³/mol. The molecule has 0 heterocycles. The van der Waals surface area contributed by atoms with Crippen molar-refractivity contribution in [2.45, 2.75) is 185 Å². The molecule has 9 atom stereocenters. The summed E-state index contributed by atoms with van der Waals surface area (Å²) in [5.41, 5.74) is 0. The smallest absolute Gasteiger partial charge is 0.462 e. The maximum atomic E-state index is 13.0. The molecule has 1 rings (SSSR count). The molecule has 0 aromatic heterocycles. The minimum atomic E-state index is -5.39. The summed E-state index contributed by atoms with van der Waals surface area (Å²) in [4.78, 5) is 54.2. The van der Waals surface area contributed by atoms with E-state index >= 15 is 0 Å². The summed E-state index contributed by atoms with van der Waals surface area (Å²) in [6.45, 7) is 2.85. The molecule has 1 saturated carbocycles. The van der Waals surface area contributed by atoms with Gasteiger partial charge < -0.3 is 49.7 Å². The number of esters is 2. The number of aliphatic hydroxyl groups excluding tert-OH is 5. The van der Waals surface area contributed by atoms with Gasteiger partial charge in [0.25, 0.3) is 0 Å². The van der Waals surface area contributed by atoms with Gasteiger partial charge in [-0.15, -0.1) is 0 Å². The van der Waals surface area contributed by atoms with E-state index in [0.29, 0.717) is 38.5 Å². The molecule has 1 aliphatic carbocycles. The number of phosphoric acid groups is 2. The van der Waals surface area contributed by atoms with E-state index < -0.39 is 89.6 Å². The first-order valence-electron chi connectivity index (χ1n) is 23.9. The third kappa shape index (κ3) is 32.6. The van der Waals surface area contributed by atoms with Crippen molar-refractivity contribution in [2.75, 3.05) is 13.2 Å². The van der Waals surface area contributed by atoms with E-state index in [4.69, 9.17) is 18.5 Å². The quantitative estimate of drug-likeness (QED) is 0.00953. The van der Waals surface area contributed by atoms with Crippen LogP contribution in [0.15, 0.2) is 97.2 Å². The molecule has 5 unspecified atom stereocenters. The van der Waals surface area contributed by atoms with Crippen LogP contribution in [0.4, 0.5) is 0 Å². The lowest BCUT2D eigenvalue weighted by atomic mass is 9.85. The molecule has 0 radical (unpaired) electrons. The number of hydrogen-bond donors (Lipinski definition) is 8. The van der Waals surface area contributed by atoms with Gasteiger partial charge in [-0.1, -0.05) is 143 Å². The van der Waals surface area contributed by atoms with Crippen LogP contribution < -0.4 is 0 Å². The van der Waals surface area contributed by atoms with Crippen molar-refractivity contribution < 1.29 is 82.0 Å². The first-order chi connectivity index (χ1) is 32.5. The molecule has 0 aromatic rings. The van der Waals surface area contributed by atoms with Crippen molar-refractivity contribution in [3.63, 3.8) is 0 Å². The molecular weight excluding hydrogens is 922 g/mol. The zero-order valence-electron chi connectivity index (χ0n) is 39.9. The van der Waals surface area contributed by atoms with Crippen molar-refractivity contribution in [3.8, 4) is 0 Å². The van der Waals surface area contributed by atoms with Gasteiger partial charge in [-0.05, 0) is 77.0 Å². The molecule has 19 heteroatoms. The fraction of sp³-hybridized carbons (Fsp3) is 0.633. The second kappa shape index (κ2) is 38.6.